The van der Waals surface area contributed by atoms with E-state index in [0.29, 0.717) is 6.10 Å². The van der Waals surface area contributed by atoms with Crippen molar-refractivity contribution >= 4 is 0 Å². The summed E-state index contributed by atoms with van der Waals surface area (Å²) >= 11 is 0. The van der Waals surface area contributed by atoms with E-state index in [1.807, 2.05) is 0 Å². The molecule has 0 spiro atoms. The van der Waals surface area contributed by atoms with Crippen LogP contribution in [0.15, 0.2) is 0 Å². The first-order valence-electron chi connectivity index (χ1n) is 3.81. The fourth-order valence-corrected chi connectivity index (χ4v) is 1.14. The number of hydrogen-bond donors (Lipinski definition) is 1. The monoisotopic (exact) mass is 145 g/mol. The molecule has 1 saturated heterocycles. The summed E-state index contributed by atoms with van der Waals surface area (Å²) in [6.45, 7) is 1.73. The highest BCUT2D eigenvalue weighted by Gasteiger charge is 2.12. The topological polar surface area (TPSA) is 30.5 Å². The molecule has 1 rings (SSSR count). The van der Waals surface area contributed by atoms with Crippen molar-refractivity contribution in [1.29, 1.82) is 0 Å². The van der Waals surface area contributed by atoms with Crippen molar-refractivity contribution in [2.45, 2.75) is 25.4 Å². The van der Waals surface area contributed by atoms with Crippen LogP contribution >= 0.6 is 0 Å². The van der Waals surface area contributed by atoms with Crippen molar-refractivity contribution in [2.24, 2.45) is 0 Å². The van der Waals surface area contributed by atoms with E-state index in [2.05, 4.69) is 5.48 Å². The first-order chi connectivity index (χ1) is 4.93. The summed E-state index contributed by atoms with van der Waals surface area (Å²) in [6.07, 6.45) is 4.03. The van der Waals surface area contributed by atoms with E-state index in [0.717, 1.165) is 19.6 Å². The normalized spacial score (nSPS) is 26.7. The fourth-order valence-electron chi connectivity index (χ4n) is 1.14. The second-order valence-electron chi connectivity index (χ2n) is 2.54. The summed E-state index contributed by atoms with van der Waals surface area (Å²) < 4.78 is 5.44. The van der Waals surface area contributed by atoms with E-state index in [1.165, 1.54) is 12.8 Å². The van der Waals surface area contributed by atoms with Crippen molar-refractivity contribution in [3.05, 3.63) is 0 Å². The predicted molar refractivity (Wildman–Crippen MR) is 38.6 cm³/mol. The standard InChI is InChI=1S/C7H15NO2/c1-9-8-6-7-4-2-3-5-10-7/h7-8H,2-6H2,1H3. The molecule has 0 aromatic heterocycles. The first-order valence-corrected chi connectivity index (χ1v) is 3.81. The average Bonchev–Trinajstić information content (AvgIpc) is 2.03. The lowest BCUT2D eigenvalue weighted by atomic mass is 10.1. The van der Waals surface area contributed by atoms with Gasteiger partial charge < -0.3 is 9.57 Å². The second-order valence-corrected chi connectivity index (χ2v) is 2.54. The summed E-state index contributed by atoms with van der Waals surface area (Å²) in [5.41, 5.74) is 2.79. The largest absolute Gasteiger partial charge is 0.377 e. The van der Waals surface area contributed by atoms with Crippen molar-refractivity contribution < 1.29 is 9.57 Å². The van der Waals surface area contributed by atoms with Gasteiger partial charge in [0.25, 0.3) is 0 Å². The number of rotatable bonds is 3. The quantitative estimate of drug-likeness (QED) is 0.593. The van der Waals surface area contributed by atoms with Crippen LogP contribution in [0.25, 0.3) is 0 Å². The number of ether oxygens (including phenoxy) is 1. The van der Waals surface area contributed by atoms with E-state index in [1.54, 1.807) is 7.11 Å². The van der Waals surface area contributed by atoms with Gasteiger partial charge in [-0.25, -0.2) is 5.48 Å². The third-order valence-corrected chi connectivity index (χ3v) is 1.73. The van der Waals surface area contributed by atoms with Crippen LogP contribution in [0.5, 0.6) is 0 Å². The van der Waals surface area contributed by atoms with Gasteiger partial charge in [-0.05, 0) is 19.3 Å². The Hall–Kier alpha value is -0.120. The molecule has 0 aliphatic carbocycles. The summed E-state index contributed by atoms with van der Waals surface area (Å²) in [4.78, 5) is 4.71. The molecule has 1 atom stereocenters. The maximum absolute atomic E-state index is 5.44. The zero-order valence-electron chi connectivity index (χ0n) is 6.43. The molecule has 0 aromatic carbocycles. The van der Waals surface area contributed by atoms with Crippen LogP contribution in [0.1, 0.15) is 19.3 Å². The Morgan fingerprint density at radius 3 is 3.10 bits per heavy atom. The molecule has 0 bridgehead atoms. The molecule has 60 valence electrons. The van der Waals surface area contributed by atoms with Crippen LogP contribution in [0.3, 0.4) is 0 Å². The smallest absolute Gasteiger partial charge is 0.0722 e. The molecule has 1 aliphatic heterocycles. The Kier molecular flexibility index (Phi) is 3.72. The van der Waals surface area contributed by atoms with Crippen molar-refractivity contribution in [1.82, 2.24) is 5.48 Å². The van der Waals surface area contributed by atoms with Crippen LogP contribution in [-0.4, -0.2) is 26.4 Å². The molecular formula is C7H15NO2. The lowest BCUT2D eigenvalue weighted by Crippen LogP contribution is -2.31. The maximum atomic E-state index is 5.44. The van der Waals surface area contributed by atoms with Crippen LogP contribution in [0, 0.1) is 0 Å². The molecule has 0 aromatic rings. The van der Waals surface area contributed by atoms with Crippen LogP contribution in [0.4, 0.5) is 0 Å². The number of hydrogen-bond acceptors (Lipinski definition) is 3. The molecule has 1 aliphatic rings. The van der Waals surface area contributed by atoms with Gasteiger partial charge in [-0.1, -0.05) is 0 Å². The lowest BCUT2D eigenvalue weighted by molar-refractivity contribution is -0.0169. The zero-order chi connectivity index (χ0) is 7.23. The maximum Gasteiger partial charge on any atom is 0.0722 e. The molecule has 3 heteroatoms. The highest BCUT2D eigenvalue weighted by atomic mass is 16.6. The Labute approximate surface area is 61.7 Å². The Bertz CT molecular complexity index is 81.7. The van der Waals surface area contributed by atoms with Gasteiger partial charge in [0.1, 0.15) is 0 Å². The third kappa shape index (κ3) is 2.64. The molecule has 0 radical (unpaired) electrons. The van der Waals surface area contributed by atoms with Gasteiger partial charge in [-0.3, -0.25) is 0 Å². The first kappa shape index (κ1) is 7.98. The molecule has 0 amide bonds. The highest BCUT2D eigenvalue weighted by molar-refractivity contribution is 4.63. The fraction of sp³-hybridized carbons (Fsp3) is 1.00. The number of nitrogens with one attached hydrogen (secondary N) is 1. The molecule has 1 N–H and O–H groups in total. The highest BCUT2D eigenvalue weighted by Crippen LogP contribution is 2.11. The minimum Gasteiger partial charge on any atom is -0.377 e. The van der Waals surface area contributed by atoms with Gasteiger partial charge in [-0.2, -0.15) is 0 Å². The van der Waals surface area contributed by atoms with Crippen LogP contribution < -0.4 is 5.48 Å². The van der Waals surface area contributed by atoms with Crippen LogP contribution in [-0.2, 0) is 9.57 Å². The van der Waals surface area contributed by atoms with Gasteiger partial charge in [0.2, 0.25) is 0 Å². The van der Waals surface area contributed by atoms with E-state index in [4.69, 9.17) is 9.57 Å². The molecule has 10 heavy (non-hydrogen) atoms. The van der Waals surface area contributed by atoms with Gasteiger partial charge in [-0.15, -0.1) is 0 Å². The summed E-state index contributed by atoms with van der Waals surface area (Å²) in [6, 6.07) is 0. The Morgan fingerprint density at radius 2 is 2.50 bits per heavy atom. The van der Waals surface area contributed by atoms with Crippen molar-refractivity contribution in [3.63, 3.8) is 0 Å². The Balaban J connectivity index is 2.02. The van der Waals surface area contributed by atoms with Crippen LogP contribution in [0.2, 0.25) is 0 Å². The summed E-state index contributed by atoms with van der Waals surface area (Å²) in [5.74, 6) is 0. The van der Waals surface area contributed by atoms with E-state index in [9.17, 15) is 0 Å². The van der Waals surface area contributed by atoms with E-state index in [-0.39, 0.29) is 0 Å². The van der Waals surface area contributed by atoms with E-state index < -0.39 is 0 Å². The minimum absolute atomic E-state index is 0.369. The lowest BCUT2D eigenvalue weighted by Gasteiger charge is -2.21. The average molecular weight is 145 g/mol. The Morgan fingerprint density at radius 1 is 1.60 bits per heavy atom. The zero-order valence-corrected chi connectivity index (χ0v) is 6.43. The predicted octanol–water partition coefficient (Wildman–Crippen LogP) is 0.706. The molecule has 1 fully saturated rings. The number of hydroxylamine groups is 1. The van der Waals surface area contributed by atoms with Crippen molar-refractivity contribution in [2.75, 3.05) is 20.3 Å². The molecule has 1 heterocycles. The molecular weight excluding hydrogens is 130 g/mol. The van der Waals surface area contributed by atoms with Gasteiger partial charge in [0.05, 0.1) is 13.2 Å². The third-order valence-electron chi connectivity index (χ3n) is 1.73. The SMILES string of the molecule is CONCC1CCCCO1. The van der Waals surface area contributed by atoms with Crippen molar-refractivity contribution in [3.8, 4) is 0 Å². The second kappa shape index (κ2) is 4.66. The van der Waals surface area contributed by atoms with Gasteiger partial charge in [0, 0.05) is 13.2 Å². The molecule has 3 nitrogen and oxygen atoms in total. The van der Waals surface area contributed by atoms with E-state index >= 15 is 0 Å². The minimum atomic E-state index is 0.369. The van der Waals surface area contributed by atoms with Gasteiger partial charge in [0.15, 0.2) is 0 Å². The summed E-state index contributed by atoms with van der Waals surface area (Å²) in [7, 11) is 1.63. The van der Waals surface area contributed by atoms with Gasteiger partial charge >= 0.3 is 0 Å². The molecule has 0 saturated carbocycles. The summed E-state index contributed by atoms with van der Waals surface area (Å²) in [5, 5.41) is 0. The molecule has 1 unspecified atom stereocenters.